The van der Waals surface area contributed by atoms with Crippen LogP contribution in [0.5, 0.6) is 0 Å². The molecule has 3 heterocycles. The Hall–Kier alpha value is -2.67. The van der Waals surface area contributed by atoms with Gasteiger partial charge in [-0.05, 0) is 24.5 Å². The standard InChI is InChI=1S/C17H17ClN6O/c18-14-6-2-1-5-12(14)10-23-11-13(9-19-23)16(25)20-17-22-21-15-7-3-4-8-24(15)17/h1-2,5-6,9,11H,3-4,7-8,10H2,(H,20,22,25). The number of fused-ring (bicyclic) bond motifs is 1. The molecule has 1 N–H and O–H groups in total. The molecule has 0 aliphatic carbocycles. The summed E-state index contributed by atoms with van der Waals surface area (Å²) >= 11 is 6.17. The number of aryl methyl sites for hydroxylation is 1. The first-order valence-electron chi connectivity index (χ1n) is 8.20. The molecule has 1 aliphatic rings. The highest BCUT2D eigenvalue weighted by molar-refractivity contribution is 6.31. The Morgan fingerprint density at radius 1 is 1.24 bits per heavy atom. The number of anilines is 1. The summed E-state index contributed by atoms with van der Waals surface area (Å²) in [6, 6.07) is 7.58. The molecule has 25 heavy (non-hydrogen) atoms. The first kappa shape index (κ1) is 15.8. The van der Waals surface area contributed by atoms with Gasteiger partial charge in [-0.3, -0.25) is 19.4 Å². The quantitative estimate of drug-likeness (QED) is 0.779. The lowest BCUT2D eigenvalue weighted by atomic mass is 10.2. The first-order valence-corrected chi connectivity index (χ1v) is 8.58. The molecule has 0 saturated heterocycles. The third-order valence-corrected chi connectivity index (χ3v) is 4.64. The average Bonchev–Trinajstić information content (AvgIpc) is 3.25. The predicted molar refractivity (Wildman–Crippen MR) is 93.7 cm³/mol. The number of halogens is 1. The zero-order valence-electron chi connectivity index (χ0n) is 13.5. The van der Waals surface area contributed by atoms with Crippen LogP contribution in [0.1, 0.15) is 34.6 Å². The van der Waals surface area contributed by atoms with E-state index in [0.29, 0.717) is 23.1 Å². The molecule has 7 nitrogen and oxygen atoms in total. The van der Waals surface area contributed by atoms with Crippen LogP contribution in [0.3, 0.4) is 0 Å². The molecular weight excluding hydrogens is 340 g/mol. The maximum absolute atomic E-state index is 12.5. The van der Waals surface area contributed by atoms with Crippen molar-refractivity contribution in [2.75, 3.05) is 5.32 Å². The lowest BCUT2D eigenvalue weighted by Gasteiger charge is -2.14. The van der Waals surface area contributed by atoms with Gasteiger partial charge in [-0.2, -0.15) is 5.10 Å². The van der Waals surface area contributed by atoms with Gasteiger partial charge in [-0.1, -0.05) is 29.8 Å². The number of aromatic nitrogens is 5. The van der Waals surface area contributed by atoms with Crippen LogP contribution in [-0.4, -0.2) is 30.5 Å². The van der Waals surface area contributed by atoms with Gasteiger partial charge in [0.25, 0.3) is 5.91 Å². The zero-order chi connectivity index (χ0) is 17.2. The molecule has 1 aromatic carbocycles. The second-order valence-corrected chi connectivity index (χ2v) is 6.43. The number of rotatable bonds is 4. The molecule has 1 amide bonds. The van der Waals surface area contributed by atoms with Crippen LogP contribution in [0.25, 0.3) is 0 Å². The summed E-state index contributed by atoms with van der Waals surface area (Å²) in [5.74, 6) is 1.18. The molecule has 0 bridgehead atoms. The van der Waals surface area contributed by atoms with Gasteiger partial charge in [0, 0.05) is 24.2 Å². The summed E-state index contributed by atoms with van der Waals surface area (Å²) in [7, 11) is 0. The van der Waals surface area contributed by atoms with Crippen LogP contribution in [0.15, 0.2) is 36.7 Å². The Morgan fingerprint density at radius 3 is 3.00 bits per heavy atom. The second-order valence-electron chi connectivity index (χ2n) is 6.02. The largest absolute Gasteiger partial charge is 0.297 e. The van der Waals surface area contributed by atoms with Crippen LogP contribution >= 0.6 is 11.6 Å². The van der Waals surface area contributed by atoms with E-state index in [-0.39, 0.29) is 5.91 Å². The summed E-state index contributed by atoms with van der Waals surface area (Å²) in [5, 5.41) is 16.0. The van der Waals surface area contributed by atoms with Crippen molar-refractivity contribution < 1.29 is 4.79 Å². The van der Waals surface area contributed by atoms with E-state index < -0.39 is 0 Å². The normalized spacial score (nSPS) is 13.5. The SMILES string of the molecule is O=C(Nc1nnc2n1CCCC2)c1cnn(Cc2ccccc2Cl)c1. The maximum atomic E-state index is 12.5. The minimum absolute atomic E-state index is 0.244. The van der Waals surface area contributed by atoms with E-state index in [1.165, 1.54) is 0 Å². The molecular formula is C17H17ClN6O. The fourth-order valence-corrected chi connectivity index (χ4v) is 3.14. The van der Waals surface area contributed by atoms with Gasteiger partial charge in [0.15, 0.2) is 0 Å². The van der Waals surface area contributed by atoms with Crippen molar-refractivity contribution in [1.29, 1.82) is 0 Å². The Labute approximate surface area is 149 Å². The molecule has 0 unspecified atom stereocenters. The molecule has 8 heteroatoms. The van der Waals surface area contributed by atoms with Gasteiger partial charge >= 0.3 is 0 Å². The minimum atomic E-state index is -0.244. The number of hydrogen-bond acceptors (Lipinski definition) is 4. The van der Waals surface area contributed by atoms with E-state index in [4.69, 9.17) is 11.6 Å². The van der Waals surface area contributed by atoms with Gasteiger partial charge < -0.3 is 0 Å². The summed E-state index contributed by atoms with van der Waals surface area (Å²) in [4.78, 5) is 12.5. The zero-order valence-corrected chi connectivity index (χ0v) is 14.3. The van der Waals surface area contributed by atoms with Crippen LogP contribution in [0.2, 0.25) is 5.02 Å². The fraction of sp³-hybridized carbons (Fsp3) is 0.294. The Balaban J connectivity index is 1.47. The molecule has 2 aromatic heterocycles. The number of carbonyl (C=O) groups is 1. The Bertz CT molecular complexity index is 916. The molecule has 0 radical (unpaired) electrons. The van der Waals surface area contributed by atoms with E-state index in [2.05, 4.69) is 20.6 Å². The van der Waals surface area contributed by atoms with Crippen molar-refractivity contribution in [3.63, 3.8) is 0 Å². The van der Waals surface area contributed by atoms with Gasteiger partial charge in [0.1, 0.15) is 5.82 Å². The van der Waals surface area contributed by atoms with Gasteiger partial charge in [-0.25, -0.2) is 0 Å². The fourth-order valence-electron chi connectivity index (χ4n) is 2.94. The number of benzene rings is 1. The summed E-state index contributed by atoms with van der Waals surface area (Å²) < 4.78 is 3.66. The molecule has 0 saturated carbocycles. The summed E-state index contributed by atoms with van der Waals surface area (Å²) in [5.41, 5.74) is 1.42. The van der Waals surface area contributed by atoms with Gasteiger partial charge in [0.2, 0.25) is 5.95 Å². The first-order chi connectivity index (χ1) is 12.2. The second kappa shape index (κ2) is 6.68. The topological polar surface area (TPSA) is 77.6 Å². The van der Waals surface area contributed by atoms with Crippen molar-refractivity contribution in [1.82, 2.24) is 24.5 Å². The van der Waals surface area contributed by atoms with Crippen LogP contribution in [0, 0.1) is 0 Å². The highest BCUT2D eigenvalue weighted by Crippen LogP contribution is 2.18. The van der Waals surface area contributed by atoms with Gasteiger partial charge in [-0.15, -0.1) is 10.2 Å². The van der Waals surface area contributed by atoms with Crippen molar-refractivity contribution in [2.24, 2.45) is 0 Å². The lowest BCUT2D eigenvalue weighted by Crippen LogP contribution is -2.18. The predicted octanol–water partition coefficient (Wildman–Crippen LogP) is 2.76. The molecule has 0 spiro atoms. The molecule has 0 fully saturated rings. The van der Waals surface area contributed by atoms with Crippen molar-refractivity contribution in [2.45, 2.75) is 32.4 Å². The van der Waals surface area contributed by atoms with Crippen molar-refractivity contribution in [3.8, 4) is 0 Å². The van der Waals surface area contributed by atoms with E-state index in [1.54, 1.807) is 17.1 Å². The number of carbonyl (C=O) groups excluding carboxylic acids is 1. The third kappa shape index (κ3) is 3.28. The monoisotopic (exact) mass is 356 g/mol. The van der Waals surface area contributed by atoms with Crippen LogP contribution in [0.4, 0.5) is 5.95 Å². The number of nitrogens with one attached hydrogen (secondary N) is 1. The smallest absolute Gasteiger partial charge is 0.261 e. The molecule has 128 valence electrons. The van der Waals surface area contributed by atoms with Gasteiger partial charge in [0.05, 0.1) is 18.3 Å². The molecule has 3 aromatic rings. The third-order valence-electron chi connectivity index (χ3n) is 4.27. The number of nitrogens with zero attached hydrogens (tertiary/aromatic N) is 5. The highest BCUT2D eigenvalue weighted by Gasteiger charge is 2.18. The number of amides is 1. The number of hydrogen-bond donors (Lipinski definition) is 1. The average molecular weight is 357 g/mol. The van der Waals surface area contributed by atoms with Crippen LogP contribution in [-0.2, 0) is 19.5 Å². The summed E-state index contributed by atoms with van der Waals surface area (Å²) in [6.45, 7) is 1.34. The van der Waals surface area contributed by atoms with E-state index in [1.807, 2.05) is 28.8 Å². The minimum Gasteiger partial charge on any atom is -0.297 e. The highest BCUT2D eigenvalue weighted by atomic mass is 35.5. The van der Waals surface area contributed by atoms with Crippen molar-refractivity contribution >= 4 is 23.5 Å². The molecule has 4 rings (SSSR count). The maximum Gasteiger partial charge on any atom is 0.261 e. The van der Waals surface area contributed by atoms with Crippen LogP contribution < -0.4 is 5.32 Å². The van der Waals surface area contributed by atoms with E-state index in [0.717, 1.165) is 37.2 Å². The van der Waals surface area contributed by atoms with Crippen molar-refractivity contribution in [3.05, 3.63) is 58.6 Å². The summed E-state index contributed by atoms with van der Waals surface area (Å²) in [6.07, 6.45) is 6.33. The molecule has 0 atom stereocenters. The van der Waals surface area contributed by atoms with E-state index in [9.17, 15) is 4.79 Å². The molecule has 1 aliphatic heterocycles. The lowest BCUT2D eigenvalue weighted by molar-refractivity contribution is 0.102. The van der Waals surface area contributed by atoms with E-state index >= 15 is 0 Å². The Kier molecular flexibility index (Phi) is 4.23. The Morgan fingerprint density at radius 2 is 2.12 bits per heavy atom.